The highest BCUT2D eigenvalue weighted by Crippen LogP contribution is 2.28. The molecule has 2 rings (SSSR count). The first-order valence-electron chi connectivity index (χ1n) is 8.99. The highest BCUT2D eigenvalue weighted by atomic mass is 16.5. The molecule has 5 heteroatoms. The first-order chi connectivity index (χ1) is 12.7. The van der Waals surface area contributed by atoms with E-state index in [1.54, 1.807) is 7.11 Å². The average molecular weight is 356 g/mol. The number of likely N-dealkylation sites (N-methyl/N-ethyl adjacent to an activating group) is 1. The number of hydrogen-bond donors (Lipinski definition) is 1. The summed E-state index contributed by atoms with van der Waals surface area (Å²) in [6.45, 7) is 7.21. The van der Waals surface area contributed by atoms with Crippen molar-refractivity contribution in [3.05, 3.63) is 59.7 Å². The first kappa shape index (κ1) is 19.8. The van der Waals surface area contributed by atoms with Crippen LogP contribution in [0.3, 0.4) is 0 Å². The van der Waals surface area contributed by atoms with E-state index in [0.29, 0.717) is 31.2 Å². The Kier molecular flexibility index (Phi) is 7.96. The van der Waals surface area contributed by atoms with Crippen LogP contribution in [0.25, 0.3) is 0 Å². The third kappa shape index (κ3) is 6.08. The molecule has 0 aliphatic heterocycles. The van der Waals surface area contributed by atoms with Gasteiger partial charge in [-0.3, -0.25) is 9.69 Å². The Labute approximate surface area is 155 Å². The molecule has 2 aromatic rings. The minimum Gasteiger partial charge on any atom is -0.493 e. The molecule has 1 N–H and O–H groups in total. The van der Waals surface area contributed by atoms with Crippen LogP contribution in [0.4, 0.5) is 0 Å². The van der Waals surface area contributed by atoms with E-state index < -0.39 is 0 Å². The quantitative estimate of drug-likeness (QED) is 0.710. The van der Waals surface area contributed by atoms with Gasteiger partial charge in [0.1, 0.15) is 6.61 Å². The maximum absolute atomic E-state index is 12.0. The molecule has 5 nitrogen and oxygen atoms in total. The van der Waals surface area contributed by atoms with Crippen molar-refractivity contribution in [1.82, 2.24) is 10.2 Å². The van der Waals surface area contributed by atoms with Crippen molar-refractivity contribution >= 4 is 5.91 Å². The molecule has 0 spiro atoms. The summed E-state index contributed by atoms with van der Waals surface area (Å²) in [6.07, 6.45) is 0. The summed E-state index contributed by atoms with van der Waals surface area (Å²) in [5.74, 6) is 1.38. The molecular weight excluding hydrogens is 328 g/mol. The smallest absolute Gasteiger partial charge is 0.234 e. The fraction of sp³-hybridized carbons (Fsp3) is 0.381. The number of rotatable bonds is 10. The van der Waals surface area contributed by atoms with Crippen molar-refractivity contribution in [2.45, 2.75) is 27.0 Å². The van der Waals surface area contributed by atoms with Crippen LogP contribution in [0.1, 0.15) is 25.0 Å². The molecule has 140 valence electrons. The second-order valence-corrected chi connectivity index (χ2v) is 6.00. The van der Waals surface area contributed by atoms with Gasteiger partial charge in [0, 0.05) is 6.54 Å². The Morgan fingerprint density at radius 2 is 1.73 bits per heavy atom. The molecule has 0 saturated heterocycles. The van der Waals surface area contributed by atoms with Crippen LogP contribution >= 0.6 is 0 Å². The zero-order chi connectivity index (χ0) is 18.8. The Bertz CT molecular complexity index is 685. The lowest BCUT2D eigenvalue weighted by Crippen LogP contribution is -2.36. The van der Waals surface area contributed by atoms with Crippen LogP contribution in [0.15, 0.2) is 48.5 Å². The normalized spacial score (nSPS) is 10.6. The highest BCUT2D eigenvalue weighted by Gasteiger charge is 2.09. The number of carbonyl (C=O) groups is 1. The van der Waals surface area contributed by atoms with Gasteiger partial charge < -0.3 is 14.8 Å². The number of ether oxygens (including phenoxy) is 2. The fourth-order valence-electron chi connectivity index (χ4n) is 2.58. The Hall–Kier alpha value is -2.53. The van der Waals surface area contributed by atoms with Crippen molar-refractivity contribution in [2.24, 2.45) is 0 Å². The standard InChI is InChI=1S/C21H28N2O3/c1-4-23(5-2)15-21(24)22-14-18-11-12-19(20(13-18)25-3)26-16-17-9-7-6-8-10-17/h6-13H,4-5,14-16H2,1-3H3,(H,22,24). The van der Waals surface area contributed by atoms with Crippen LogP contribution in [0.2, 0.25) is 0 Å². The third-order valence-corrected chi connectivity index (χ3v) is 4.22. The van der Waals surface area contributed by atoms with E-state index in [4.69, 9.17) is 9.47 Å². The van der Waals surface area contributed by atoms with Gasteiger partial charge in [0.15, 0.2) is 11.5 Å². The Morgan fingerprint density at radius 1 is 1.00 bits per heavy atom. The van der Waals surface area contributed by atoms with Crippen molar-refractivity contribution in [1.29, 1.82) is 0 Å². The van der Waals surface area contributed by atoms with Crippen LogP contribution in [0, 0.1) is 0 Å². The zero-order valence-corrected chi connectivity index (χ0v) is 15.8. The van der Waals surface area contributed by atoms with E-state index in [9.17, 15) is 4.79 Å². The van der Waals surface area contributed by atoms with E-state index in [-0.39, 0.29) is 5.91 Å². The monoisotopic (exact) mass is 356 g/mol. The van der Waals surface area contributed by atoms with E-state index in [1.165, 1.54) is 0 Å². The summed E-state index contributed by atoms with van der Waals surface area (Å²) in [4.78, 5) is 14.1. The summed E-state index contributed by atoms with van der Waals surface area (Å²) in [7, 11) is 1.62. The minimum absolute atomic E-state index is 0.0251. The van der Waals surface area contributed by atoms with E-state index >= 15 is 0 Å². The number of methoxy groups -OCH3 is 1. The summed E-state index contributed by atoms with van der Waals surface area (Å²) in [5, 5.41) is 2.95. The maximum atomic E-state index is 12.0. The van der Waals surface area contributed by atoms with Gasteiger partial charge in [-0.25, -0.2) is 0 Å². The van der Waals surface area contributed by atoms with Crippen LogP contribution in [-0.2, 0) is 17.9 Å². The molecule has 0 radical (unpaired) electrons. The summed E-state index contributed by atoms with van der Waals surface area (Å²) < 4.78 is 11.3. The molecule has 0 unspecified atom stereocenters. The number of amides is 1. The van der Waals surface area contributed by atoms with Gasteiger partial charge in [-0.2, -0.15) is 0 Å². The van der Waals surface area contributed by atoms with Gasteiger partial charge in [0.25, 0.3) is 0 Å². The van der Waals surface area contributed by atoms with Crippen LogP contribution in [-0.4, -0.2) is 37.6 Å². The van der Waals surface area contributed by atoms with Gasteiger partial charge in [-0.15, -0.1) is 0 Å². The van der Waals surface area contributed by atoms with Gasteiger partial charge in [0.2, 0.25) is 5.91 Å². The maximum Gasteiger partial charge on any atom is 0.234 e. The molecular formula is C21H28N2O3. The number of nitrogens with zero attached hydrogens (tertiary/aromatic N) is 1. The number of benzene rings is 2. The van der Waals surface area contributed by atoms with E-state index in [2.05, 4.69) is 24.1 Å². The van der Waals surface area contributed by atoms with Gasteiger partial charge in [0.05, 0.1) is 13.7 Å². The lowest BCUT2D eigenvalue weighted by molar-refractivity contribution is -0.122. The van der Waals surface area contributed by atoms with Gasteiger partial charge >= 0.3 is 0 Å². The molecule has 0 aliphatic rings. The molecule has 0 bridgehead atoms. The van der Waals surface area contributed by atoms with E-state index in [0.717, 1.165) is 24.2 Å². The number of carbonyl (C=O) groups excluding carboxylic acids is 1. The molecule has 0 fully saturated rings. The lowest BCUT2D eigenvalue weighted by Gasteiger charge is -2.17. The van der Waals surface area contributed by atoms with Gasteiger partial charge in [-0.05, 0) is 36.3 Å². The van der Waals surface area contributed by atoms with E-state index in [1.807, 2.05) is 48.5 Å². The zero-order valence-electron chi connectivity index (χ0n) is 15.8. The lowest BCUT2D eigenvalue weighted by atomic mass is 10.2. The van der Waals surface area contributed by atoms with Crippen molar-refractivity contribution in [3.8, 4) is 11.5 Å². The fourth-order valence-corrected chi connectivity index (χ4v) is 2.58. The molecule has 0 atom stereocenters. The molecule has 0 aliphatic carbocycles. The summed E-state index contributed by atoms with van der Waals surface area (Å²) in [6, 6.07) is 15.7. The number of nitrogens with one attached hydrogen (secondary N) is 1. The van der Waals surface area contributed by atoms with Crippen LogP contribution in [0.5, 0.6) is 11.5 Å². The molecule has 1 amide bonds. The largest absolute Gasteiger partial charge is 0.493 e. The Morgan fingerprint density at radius 3 is 2.38 bits per heavy atom. The van der Waals surface area contributed by atoms with Gasteiger partial charge in [-0.1, -0.05) is 50.2 Å². The highest BCUT2D eigenvalue weighted by molar-refractivity contribution is 5.78. The molecule has 0 aromatic heterocycles. The molecule has 2 aromatic carbocycles. The topological polar surface area (TPSA) is 50.8 Å². The van der Waals surface area contributed by atoms with Crippen molar-refractivity contribution < 1.29 is 14.3 Å². The SMILES string of the molecule is CCN(CC)CC(=O)NCc1ccc(OCc2ccccc2)c(OC)c1. The van der Waals surface area contributed by atoms with Crippen molar-refractivity contribution in [3.63, 3.8) is 0 Å². The minimum atomic E-state index is 0.0251. The predicted molar refractivity (Wildman–Crippen MR) is 103 cm³/mol. The predicted octanol–water partition coefficient (Wildman–Crippen LogP) is 3.23. The van der Waals surface area contributed by atoms with Crippen molar-refractivity contribution in [2.75, 3.05) is 26.7 Å². The Balaban J connectivity index is 1.92. The molecule has 0 saturated carbocycles. The summed E-state index contributed by atoms with van der Waals surface area (Å²) >= 11 is 0. The van der Waals surface area contributed by atoms with Crippen LogP contribution < -0.4 is 14.8 Å². The molecule has 26 heavy (non-hydrogen) atoms. The average Bonchev–Trinajstić information content (AvgIpc) is 2.69. The second kappa shape index (κ2) is 10.5. The summed E-state index contributed by atoms with van der Waals surface area (Å²) in [5.41, 5.74) is 2.07. The third-order valence-electron chi connectivity index (χ3n) is 4.22. The number of hydrogen-bond acceptors (Lipinski definition) is 4. The molecule has 0 heterocycles. The first-order valence-corrected chi connectivity index (χ1v) is 8.99. The second-order valence-electron chi connectivity index (χ2n) is 6.00.